The molecular weight excluding hydrogens is 292 g/mol. The van der Waals surface area contributed by atoms with Crippen LogP contribution in [0, 0.1) is 0 Å². The van der Waals surface area contributed by atoms with E-state index in [4.69, 9.17) is 4.74 Å². The summed E-state index contributed by atoms with van der Waals surface area (Å²) in [6.45, 7) is 5.52. The Morgan fingerprint density at radius 3 is 2.50 bits per heavy atom. The number of thioether (sulfide) groups is 1. The maximum Gasteiger partial charge on any atom is 0.316 e. The molecule has 1 aromatic heterocycles. The van der Waals surface area contributed by atoms with Crippen LogP contribution in [0.4, 0.5) is 0 Å². The summed E-state index contributed by atoms with van der Waals surface area (Å²) in [6.07, 6.45) is 3.29. The van der Waals surface area contributed by atoms with E-state index in [1.807, 2.05) is 20.8 Å². The Morgan fingerprint density at radius 1 is 1.44 bits per heavy atom. The van der Waals surface area contributed by atoms with Crippen molar-refractivity contribution >= 4 is 33.7 Å². The van der Waals surface area contributed by atoms with Crippen LogP contribution < -0.4 is 0 Å². The Morgan fingerprint density at radius 2 is 2.00 bits per heavy atom. The zero-order valence-corrected chi connectivity index (χ0v) is 11.8. The number of nitrogens with zero attached hydrogens (tertiary/aromatic N) is 2. The third kappa shape index (κ3) is 5.46. The van der Waals surface area contributed by atoms with Gasteiger partial charge in [0, 0.05) is 12.4 Å². The van der Waals surface area contributed by atoms with E-state index in [1.165, 1.54) is 11.8 Å². The Labute approximate surface area is 107 Å². The molecule has 0 fully saturated rings. The van der Waals surface area contributed by atoms with Crippen LogP contribution in [0.3, 0.4) is 0 Å². The molecule has 0 aliphatic carbocycles. The molecule has 0 radical (unpaired) electrons. The van der Waals surface area contributed by atoms with Gasteiger partial charge in [0.25, 0.3) is 0 Å². The lowest BCUT2D eigenvalue weighted by molar-refractivity contribution is -0.151. The summed E-state index contributed by atoms with van der Waals surface area (Å²) in [5, 5.41) is 0.564. The van der Waals surface area contributed by atoms with Gasteiger partial charge in [-0.05, 0) is 36.7 Å². The maximum absolute atomic E-state index is 11.4. The van der Waals surface area contributed by atoms with E-state index in [0.29, 0.717) is 5.16 Å². The molecule has 0 spiro atoms. The van der Waals surface area contributed by atoms with Crippen LogP contribution in [-0.2, 0) is 9.53 Å². The lowest BCUT2D eigenvalue weighted by Crippen LogP contribution is -2.24. The van der Waals surface area contributed by atoms with Gasteiger partial charge in [0.15, 0.2) is 5.16 Å². The molecule has 0 atom stereocenters. The van der Waals surface area contributed by atoms with Crippen molar-refractivity contribution in [3.63, 3.8) is 0 Å². The molecule has 0 saturated heterocycles. The first-order valence-corrected chi connectivity index (χ1v) is 6.47. The summed E-state index contributed by atoms with van der Waals surface area (Å²) in [7, 11) is 0. The number of carbonyl (C=O) groups is 1. The molecule has 0 aliphatic heterocycles. The van der Waals surface area contributed by atoms with Crippen molar-refractivity contribution in [2.24, 2.45) is 0 Å². The molecule has 1 aromatic rings. The third-order valence-electron chi connectivity index (χ3n) is 1.34. The molecule has 1 rings (SSSR count). The number of halogens is 1. The van der Waals surface area contributed by atoms with Gasteiger partial charge in [-0.2, -0.15) is 0 Å². The summed E-state index contributed by atoms with van der Waals surface area (Å²) in [4.78, 5) is 19.5. The zero-order chi connectivity index (χ0) is 12.2. The topological polar surface area (TPSA) is 52.1 Å². The minimum Gasteiger partial charge on any atom is -0.459 e. The predicted octanol–water partition coefficient (Wildman–Crippen LogP) is 2.67. The molecular formula is C10H13BrN2O2S. The molecule has 0 aromatic carbocycles. The molecule has 0 N–H and O–H groups in total. The Balaban J connectivity index is 2.40. The standard InChI is InChI=1S/C10H13BrN2O2S/c1-10(2,3)15-8(14)6-16-9-12-4-7(11)5-13-9/h4-5H,6H2,1-3H3. The van der Waals surface area contributed by atoms with Gasteiger partial charge in [0.1, 0.15) is 5.60 Å². The number of hydrogen-bond acceptors (Lipinski definition) is 5. The minimum atomic E-state index is -0.446. The lowest BCUT2D eigenvalue weighted by Gasteiger charge is -2.18. The predicted molar refractivity (Wildman–Crippen MR) is 66.3 cm³/mol. The zero-order valence-electron chi connectivity index (χ0n) is 9.36. The minimum absolute atomic E-state index is 0.221. The molecule has 0 bridgehead atoms. The molecule has 0 unspecified atom stereocenters. The normalized spacial score (nSPS) is 11.2. The molecule has 16 heavy (non-hydrogen) atoms. The van der Waals surface area contributed by atoms with E-state index >= 15 is 0 Å². The van der Waals surface area contributed by atoms with Gasteiger partial charge in [-0.15, -0.1) is 0 Å². The Hall–Kier alpha value is -0.620. The highest BCUT2D eigenvalue weighted by Gasteiger charge is 2.16. The van der Waals surface area contributed by atoms with Crippen LogP contribution in [0.2, 0.25) is 0 Å². The SMILES string of the molecule is CC(C)(C)OC(=O)CSc1ncc(Br)cn1. The summed E-state index contributed by atoms with van der Waals surface area (Å²) < 4.78 is 5.97. The van der Waals surface area contributed by atoms with Crippen molar-refractivity contribution in [3.8, 4) is 0 Å². The summed E-state index contributed by atoms with van der Waals surface area (Å²) >= 11 is 4.50. The molecule has 0 amide bonds. The van der Waals surface area contributed by atoms with Crippen molar-refractivity contribution in [1.29, 1.82) is 0 Å². The van der Waals surface area contributed by atoms with E-state index in [2.05, 4.69) is 25.9 Å². The fourth-order valence-corrected chi connectivity index (χ4v) is 1.63. The van der Waals surface area contributed by atoms with Crippen LogP contribution in [0.1, 0.15) is 20.8 Å². The molecule has 1 heterocycles. The smallest absolute Gasteiger partial charge is 0.316 e. The number of rotatable bonds is 3. The van der Waals surface area contributed by atoms with Crippen molar-refractivity contribution in [2.75, 3.05) is 5.75 Å². The second kappa shape index (κ2) is 5.63. The highest BCUT2D eigenvalue weighted by atomic mass is 79.9. The lowest BCUT2D eigenvalue weighted by atomic mass is 10.2. The quantitative estimate of drug-likeness (QED) is 0.488. The third-order valence-corrected chi connectivity index (χ3v) is 2.59. The van der Waals surface area contributed by atoms with E-state index in [9.17, 15) is 4.79 Å². The molecule has 88 valence electrons. The van der Waals surface area contributed by atoms with E-state index in [-0.39, 0.29) is 11.7 Å². The number of ether oxygens (including phenoxy) is 1. The van der Waals surface area contributed by atoms with Crippen molar-refractivity contribution < 1.29 is 9.53 Å². The van der Waals surface area contributed by atoms with Crippen LogP contribution >= 0.6 is 27.7 Å². The first-order chi connectivity index (χ1) is 7.37. The van der Waals surface area contributed by atoms with Crippen molar-refractivity contribution in [2.45, 2.75) is 31.5 Å². The monoisotopic (exact) mass is 304 g/mol. The average molecular weight is 305 g/mol. The van der Waals surface area contributed by atoms with Gasteiger partial charge in [0.2, 0.25) is 0 Å². The summed E-state index contributed by atoms with van der Waals surface area (Å²) in [5.74, 6) is -0.0390. The second-order valence-electron chi connectivity index (χ2n) is 4.06. The largest absolute Gasteiger partial charge is 0.459 e. The Bertz CT molecular complexity index is 362. The number of esters is 1. The van der Waals surface area contributed by atoms with Crippen LogP contribution in [0.15, 0.2) is 22.0 Å². The fourth-order valence-electron chi connectivity index (χ4n) is 0.869. The van der Waals surface area contributed by atoms with Crippen LogP contribution in [0.25, 0.3) is 0 Å². The summed E-state index contributed by atoms with van der Waals surface area (Å²) in [6, 6.07) is 0. The van der Waals surface area contributed by atoms with E-state index in [1.54, 1.807) is 12.4 Å². The van der Waals surface area contributed by atoms with E-state index < -0.39 is 5.60 Å². The molecule has 4 nitrogen and oxygen atoms in total. The summed E-state index contributed by atoms with van der Waals surface area (Å²) in [5.41, 5.74) is -0.446. The van der Waals surface area contributed by atoms with E-state index in [0.717, 1.165) is 4.47 Å². The highest BCUT2D eigenvalue weighted by Crippen LogP contribution is 2.16. The molecule has 0 saturated carbocycles. The molecule has 6 heteroatoms. The number of hydrogen-bond donors (Lipinski definition) is 0. The second-order valence-corrected chi connectivity index (χ2v) is 5.92. The average Bonchev–Trinajstić information content (AvgIpc) is 2.14. The van der Waals surface area contributed by atoms with Gasteiger partial charge in [-0.3, -0.25) is 4.79 Å². The first kappa shape index (κ1) is 13.4. The van der Waals surface area contributed by atoms with Crippen LogP contribution in [0.5, 0.6) is 0 Å². The first-order valence-electron chi connectivity index (χ1n) is 4.69. The van der Waals surface area contributed by atoms with Gasteiger partial charge in [0.05, 0.1) is 10.2 Å². The number of carbonyl (C=O) groups excluding carboxylic acids is 1. The van der Waals surface area contributed by atoms with Crippen molar-refractivity contribution in [1.82, 2.24) is 9.97 Å². The van der Waals surface area contributed by atoms with Crippen LogP contribution in [-0.4, -0.2) is 27.3 Å². The van der Waals surface area contributed by atoms with Gasteiger partial charge < -0.3 is 4.74 Å². The highest BCUT2D eigenvalue weighted by molar-refractivity contribution is 9.10. The van der Waals surface area contributed by atoms with Gasteiger partial charge in [-0.1, -0.05) is 11.8 Å². The molecule has 0 aliphatic rings. The van der Waals surface area contributed by atoms with Crippen molar-refractivity contribution in [3.05, 3.63) is 16.9 Å². The van der Waals surface area contributed by atoms with Gasteiger partial charge >= 0.3 is 5.97 Å². The Kier molecular flexibility index (Phi) is 4.73. The van der Waals surface area contributed by atoms with Gasteiger partial charge in [-0.25, -0.2) is 9.97 Å². The number of aromatic nitrogens is 2. The maximum atomic E-state index is 11.4. The fraction of sp³-hybridized carbons (Fsp3) is 0.500.